The molecule has 0 spiro atoms. The number of rotatable bonds is 2. The first-order valence-corrected chi connectivity index (χ1v) is 6.73. The molecule has 5 heteroatoms. The van der Waals surface area contributed by atoms with Gasteiger partial charge in [-0.15, -0.1) is 12.6 Å². The van der Waals surface area contributed by atoms with Gasteiger partial charge >= 0.3 is 0 Å². The first kappa shape index (κ1) is 13.6. The molecular weight excluding hydrogens is 287 g/mol. The van der Waals surface area contributed by atoms with Crippen molar-refractivity contribution in [3.05, 3.63) is 66.1 Å². The van der Waals surface area contributed by atoms with Gasteiger partial charge in [0.15, 0.2) is 0 Å². The second-order valence-electron chi connectivity index (χ2n) is 4.53. The lowest BCUT2D eigenvalue weighted by molar-refractivity contribution is 0.102. The summed E-state index contributed by atoms with van der Waals surface area (Å²) >= 11 is 4.12. The van der Waals surface area contributed by atoms with Gasteiger partial charge in [-0.2, -0.15) is 0 Å². The fraction of sp³-hybridized carbons (Fsp3) is 0. The summed E-state index contributed by atoms with van der Waals surface area (Å²) in [5.41, 5.74) is 1.39. The fourth-order valence-electron chi connectivity index (χ4n) is 2.04. The molecule has 0 saturated heterocycles. The number of fused-ring (bicyclic) bond motifs is 1. The number of amides is 1. The molecular formula is C16H11FN2OS. The van der Waals surface area contributed by atoms with E-state index in [1.54, 1.807) is 24.4 Å². The number of benzene rings is 2. The Morgan fingerprint density at radius 1 is 1.14 bits per heavy atom. The summed E-state index contributed by atoms with van der Waals surface area (Å²) in [6.07, 6.45) is 1.70. The van der Waals surface area contributed by atoms with Crippen molar-refractivity contribution in [1.29, 1.82) is 0 Å². The molecule has 2 aromatic carbocycles. The Labute approximate surface area is 126 Å². The number of hydrogen-bond donors (Lipinski definition) is 2. The van der Waals surface area contributed by atoms with Gasteiger partial charge < -0.3 is 5.32 Å². The minimum Gasteiger partial charge on any atom is -0.322 e. The number of pyridine rings is 1. The molecule has 1 amide bonds. The van der Waals surface area contributed by atoms with Gasteiger partial charge in [-0.05, 0) is 42.5 Å². The molecule has 0 unspecified atom stereocenters. The van der Waals surface area contributed by atoms with E-state index in [2.05, 4.69) is 22.9 Å². The number of nitrogens with zero attached hydrogens (tertiary/aromatic N) is 1. The highest BCUT2D eigenvalue weighted by atomic mass is 32.1. The van der Waals surface area contributed by atoms with Crippen LogP contribution in [0, 0.1) is 5.82 Å². The van der Waals surface area contributed by atoms with Crippen molar-refractivity contribution in [2.75, 3.05) is 5.32 Å². The number of hydrogen-bond acceptors (Lipinski definition) is 3. The van der Waals surface area contributed by atoms with E-state index < -0.39 is 11.7 Å². The number of nitrogens with one attached hydrogen (secondary N) is 1. The summed E-state index contributed by atoms with van der Waals surface area (Å²) < 4.78 is 13.7. The Kier molecular flexibility index (Phi) is 3.58. The van der Waals surface area contributed by atoms with Crippen LogP contribution in [0.3, 0.4) is 0 Å². The number of aromatic nitrogens is 1. The number of halogens is 1. The van der Waals surface area contributed by atoms with Crippen LogP contribution in [-0.2, 0) is 0 Å². The summed E-state index contributed by atoms with van der Waals surface area (Å²) in [6, 6.07) is 13.2. The highest BCUT2D eigenvalue weighted by Gasteiger charge is 2.12. The van der Waals surface area contributed by atoms with Crippen LogP contribution >= 0.6 is 12.6 Å². The molecule has 3 nitrogen and oxygen atoms in total. The Hall–Kier alpha value is -2.40. The van der Waals surface area contributed by atoms with E-state index >= 15 is 0 Å². The molecule has 0 atom stereocenters. The van der Waals surface area contributed by atoms with Gasteiger partial charge in [0.25, 0.3) is 5.91 Å². The van der Waals surface area contributed by atoms with Crippen LogP contribution in [0.25, 0.3) is 10.9 Å². The summed E-state index contributed by atoms with van der Waals surface area (Å²) in [5.74, 6) is -1.08. The maximum Gasteiger partial charge on any atom is 0.258 e. The van der Waals surface area contributed by atoms with Crippen LogP contribution < -0.4 is 5.32 Å². The molecule has 0 aliphatic carbocycles. The van der Waals surface area contributed by atoms with Crippen molar-refractivity contribution in [2.45, 2.75) is 4.90 Å². The first-order chi connectivity index (χ1) is 10.1. The molecule has 1 heterocycles. The highest BCUT2D eigenvalue weighted by Crippen LogP contribution is 2.19. The predicted octanol–water partition coefficient (Wildman–Crippen LogP) is 3.91. The second-order valence-corrected chi connectivity index (χ2v) is 5.05. The maximum absolute atomic E-state index is 13.7. The fourth-order valence-corrected chi connectivity index (χ4v) is 2.24. The molecule has 0 saturated carbocycles. The second kappa shape index (κ2) is 5.54. The number of carbonyl (C=O) groups excluding carboxylic acids is 1. The van der Waals surface area contributed by atoms with Crippen LogP contribution in [-0.4, -0.2) is 10.9 Å². The van der Waals surface area contributed by atoms with E-state index in [1.807, 2.05) is 12.1 Å². The summed E-state index contributed by atoms with van der Waals surface area (Å²) in [6.45, 7) is 0. The van der Waals surface area contributed by atoms with Crippen molar-refractivity contribution in [3.63, 3.8) is 0 Å². The van der Waals surface area contributed by atoms with E-state index in [-0.39, 0.29) is 5.56 Å². The third kappa shape index (κ3) is 2.87. The van der Waals surface area contributed by atoms with E-state index in [4.69, 9.17) is 0 Å². The lowest BCUT2D eigenvalue weighted by atomic mass is 10.1. The van der Waals surface area contributed by atoms with Gasteiger partial charge in [0, 0.05) is 22.2 Å². The number of carbonyl (C=O) groups is 1. The van der Waals surface area contributed by atoms with Gasteiger partial charge in [0.2, 0.25) is 0 Å². The average Bonchev–Trinajstić information content (AvgIpc) is 2.49. The van der Waals surface area contributed by atoms with Crippen LogP contribution in [0.2, 0.25) is 0 Å². The zero-order valence-corrected chi connectivity index (χ0v) is 11.8. The third-order valence-electron chi connectivity index (χ3n) is 3.06. The number of anilines is 1. The Morgan fingerprint density at radius 2 is 2.00 bits per heavy atom. The molecule has 3 aromatic rings. The van der Waals surface area contributed by atoms with Crippen molar-refractivity contribution in [3.8, 4) is 0 Å². The largest absolute Gasteiger partial charge is 0.322 e. The monoisotopic (exact) mass is 298 g/mol. The zero-order chi connectivity index (χ0) is 14.8. The topological polar surface area (TPSA) is 42.0 Å². The molecule has 3 rings (SSSR count). The molecule has 0 aliphatic heterocycles. The standard InChI is InChI=1S/C16H11FN2OS/c17-14-5-4-12(21)9-13(14)16(20)19-11-3-6-15-10(8-11)2-1-7-18-15/h1-9,21H,(H,19,20). The van der Waals surface area contributed by atoms with E-state index in [1.165, 1.54) is 18.2 Å². The van der Waals surface area contributed by atoms with Gasteiger partial charge in [-0.25, -0.2) is 4.39 Å². The molecule has 0 fully saturated rings. The van der Waals surface area contributed by atoms with Crippen LogP contribution in [0.1, 0.15) is 10.4 Å². The van der Waals surface area contributed by atoms with Crippen molar-refractivity contribution >= 4 is 35.1 Å². The Morgan fingerprint density at radius 3 is 2.86 bits per heavy atom. The highest BCUT2D eigenvalue weighted by molar-refractivity contribution is 7.80. The van der Waals surface area contributed by atoms with E-state index in [0.717, 1.165) is 10.9 Å². The molecule has 0 radical (unpaired) electrons. The first-order valence-electron chi connectivity index (χ1n) is 6.28. The van der Waals surface area contributed by atoms with Crippen molar-refractivity contribution in [2.24, 2.45) is 0 Å². The van der Waals surface area contributed by atoms with Crippen LogP contribution in [0.15, 0.2) is 59.6 Å². The normalized spacial score (nSPS) is 10.6. The minimum atomic E-state index is -0.576. The van der Waals surface area contributed by atoms with Crippen LogP contribution in [0.5, 0.6) is 0 Å². The predicted molar refractivity (Wildman–Crippen MR) is 83.3 cm³/mol. The van der Waals surface area contributed by atoms with Gasteiger partial charge in [0.1, 0.15) is 5.82 Å². The van der Waals surface area contributed by atoms with E-state index in [0.29, 0.717) is 10.6 Å². The maximum atomic E-state index is 13.7. The Bertz CT molecular complexity index is 835. The lowest BCUT2D eigenvalue weighted by Gasteiger charge is -2.07. The molecule has 1 N–H and O–H groups in total. The molecule has 0 aliphatic rings. The SMILES string of the molecule is O=C(Nc1ccc2ncccc2c1)c1cc(S)ccc1F. The summed E-state index contributed by atoms with van der Waals surface area (Å²) in [5, 5.41) is 3.58. The third-order valence-corrected chi connectivity index (χ3v) is 3.33. The number of thiol groups is 1. The quantitative estimate of drug-likeness (QED) is 0.704. The van der Waals surface area contributed by atoms with E-state index in [9.17, 15) is 9.18 Å². The summed E-state index contributed by atoms with van der Waals surface area (Å²) in [4.78, 5) is 16.9. The Balaban J connectivity index is 1.90. The molecule has 1 aromatic heterocycles. The smallest absolute Gasteiger partial charge is 0.258 e. The van der Waals surface area contributed by atoms with Crippen molar-refractivity contribution in [1.82, 2.24) is 4.98 Å². The van der Waals surface area contributed by atoms with Gasteiger partial charge in [-0.3, -0.25) is 9.78 Å². The lowest BCUT2D eigenvalue weighted by Crippen LogP contribution is -2.13. The zero-order valence-electron chi connectivity index (χ0n) is 10.9. The minimum absolute atomic E-state index is 0.0335. The summed E-state index contributed by atoms with van der Waals surface area (Å²) in [7, 11) is 0. The van der Waals surface area contributed by atoms with Gasteiger partial charge in [-0.1, -0.05) is 6.07 Å². The van der Waals surface area contributed by atoms with Crippen molar-refractivity contribution < 1.29 is 9.18 Å². The molecule has 21 heavy (non-hydrogen) atoms. The average molecular weight is 298 g/mol. The molecule has 0 bridgehead atoms. The van der Waals surface area contributed by atoms with Gasteiger partial charge in [0.05, 0.1) is 11.1 Å². The molecule has 104 valence electrons. The van der Waals surface area contributed by atoms with Crippen LogP contribution in [0.4, 0.5) is 10.1 Å².